The van der Waals surface area contributed by atoms with Gasteiger partial charge in [-0.1, -0.05) is 0 Å². The van der Waals surface area contributed by atoms with Crippen LogP contribution in [0, 0.1) is 0 Å². The molecule has 0 radical (unpaired) electrons. The zero-order chi connectivity index (χ0) is 17.9. The van der Waals surface area contributed by atoms with Crippen LogP contribution in [0.1, 0.15) is 0 Å². The Balaban J connectivity index is 2.85. The smallest absolute Gasteiger partial charge is 0.151 e. The maximum Gasteiger partial charge on any atom is 0.151 e. The highest BCUT2D eigenvalue weighted by Crippen LogP contribution is 2.25. The molecule has 1 rings (SSSR count). The van der Waals surface area contributed by atoms with Gasteiger partial charge in [-0.05, 0) is 0 Å². The first-order valence-electron chi connectivity index (χ1n) is 6.83. The largest absolute Gasteiger partial charge is 0.394 e. The van der Waals surface area contributed by atoms with Gasteiger partial charge in [0.25, 0.3) is 0 Å². The third-order valence-corrected chi connectivity index (χ3v) is 3.80. The summed E-state index contributed by atoms with van der Waals surface area (Å²) in [5.74, 6) is 0. The molecule has 0 aliphatic carbocycles. The lowest BCUT2D eigenvalue weighted by Gasteiger charge is -2.43. The topological polar surface area (TPSA) is 208 Å². The van der Waals surface area contributed by atoms with Gasteiger partial charge >= 0.3 is 0 Å². The van der Waals surface area contributed by atoms with Crippen LogP contribution in [0.4, 0.5) is 0 Å². The van der Waals surface area contributed by atoms with E-state index in [9.17, 15) is 40.5 Å². The Bertz CT molecular complexity index is 378. The first-order valence-corrected chi connectivity index (χ1v) is 6.83. The molecular weight excluding hydrogens is 320 g/mol. The minimum atomic E-state index is -2.18. The predicted octanol–water partition coefficient (Wildman–Crippen LogP) is -6.17. The highest BCUT2D eigenvalue weighted by atomic mass is 16.6. The molecule has 11 heteroatoms. The maximum atomic E-state index is 10.3. The number of rotatable bonds is 7. The van der Waals surface area contributed by atoms with Crippen molar-refractivity contribution in [3.63, 3.8) is 0 Å². The number of ether oxygens (including phenoxy) is 1. The molecule has 0 aromatic rings. The number of carbonyl (C=O) groups excluding carboxylic acids is 1. The summed E-state index contributed by atoms with van der Waals surface area (Å²) in [5, 5.41) is 85.9. The van der Waals surface area contributed by atoms with Gasteiger partial charge in [0.05, 0.1) is 6.61 Å². The lowest BCUT2D eigenvalue weighted by atomic mass is 9.88. The zero-order valence-electron chi connectivity index (χ0n) is 11.9. The van der Waals surface area contributed by atoms with Crippen molar-refractivity contribution in [2.75, 3.05) is 6.61 Å². The standard InChI is InChI=1S/C12H22O11/c13-1-3(15)5(16)7(18)9(20)11(22)12-10(21)8(19)6(17)4(2-14)23-12/h1,3-12,14-22H,2H2/t3-,4+,5+,6-,7+,8-,9-,10+,11?,12?/m0/s1. The first kappa shape index (κ1) is 20.3. The second kappa shape index (κ2) is 8.39. The zero-order valence-corrected chi connectivity index (χ0v) is 11.9. The summed E-state index contributed by atoms with van der Waals surface area (Å²) >= 11 is 0. The van der Waals surface area contributed by atoms with Crippen molar-refractivity contribution in [3.8, 4) is 0 Å². The van der Waals surface area contributed by atoms with E-state index >= 15 is 0 Å². The highest BCUT2D eigenvalue weighted by Gasteiger charge is 2.49. The fraction of sp³-hybridized carbons (Fsp3) is 0.917. The van der Waals surface area contributed by atoms with Gasteiger partial charge in [0.1, 0.15) is 61.0 Å². The molecule has 1 aliphatic rings. The Hall–Kier alpha value is -0.730. The summed E-state index contributed by atoms with van der Waals surface area (Å²) < 4.78 is 4.99. The molecule has 0 amide bonds. The van der Waals surface area contributed by atoms with Gasteiger partial charge in [-0.3, -0.25) is 0 Å². The van der Waals surface area contributed by atoms with Gasteiger partial charge in [0.15, 0.2) is 6.29 Å². The Morgan fingerprint density at radius 2 is 1.43 bits per heavy atom. The average Bonchev–Trinajstić information content (AvgIpc) is 2.56. The fourth-order valence-electron chi connectivity index (χ4n) is 2.29. The normalized spacial score (nSPS) is 38.4. The molecule has 0 spiro atoms. The van der Waals surface area contributed by atoms with Crippen molar-refractivity contribution < 1.29 is 55.5 Å². The molecule has 0 aromatic carbocycles. The molecule has 11 nitrogen and oxygen atoms in total. The van der Waals surface area contributed by atoms with Crippen LogP contribution >= 0.6 is 0 Å². The van der Waals surface area contributed by atoms with Crippen LogP contribution in [0.15, 0.2) is 0 Å². The lowest BCUT2D eigenvalue weighted by molar-refractivity contribution is -0.264. The molecule has 2 unspecified atom stereocenters. The minimum absolute atomic E-state index is 0.0964. The molecule has 9 N–H and O–H groups in total. The van der Waals surface area contributed by atoms with E-state index in [0.717, 1.165) is 0 Å². The lowest BCUT2D eigenvalue weighted by Crippen LogP contribution is -2.64. The van der Waals surface area contributed by atoms with E-state index in [4.69, 9.17) is 14.9 Å². The van der Waals surface area contributed by atoms with Gasteiger partial charge in [0.2, 0.25) is 0 Å². The van der Waals surface area contributed by atoms with Crippen LogP contribution in [-0.2, 0) is 9.53 Å². The maximum absolute atomic E-state index is 10.3. The van der Waals surface area contributed by atoms with E-state index in [1.807, 2.05) is 0 Å². The van der Waals surface area contributed by atoms with E-state index in [2.05, 4.69) is 0 Å². The van der Waals surface area contributed by atoms with Crippen molar-refractivity contribution >= 4 is 6.29 Å². The molecule has 10 atom stereocenters. The van der Waals surface area contributed by atoms with Crippen LogP contribution in [0.3, 0.4) is 0 Å². The summed E-state index contributed by atoms with van der Waals surface area (Å²) in [6, 6.07) is 0. The summed E-state index contributed by atoms with van der Waals surface area (Å²) in [6.45, 7) is -0.765. The molecule has 1 heterocycles. The molecule has 0 aromatic heterocycles. The molecule has 23 heavy (non-hydrogen) atoms. The Labute approximate surface area is 130 Å². The van der Waals surface area contributed by atoms with E-state index in [-0.39, 0.29) is 6.29 Å². The van der Waals surface area contributed by atoms with E-state index < -0.39 is 67.6 Å². The van der Waals surface area contributed by atoms with E-state index in [1.165, 1.54) is 0 Å². The molecule has 136 valence electrons. The van der Waals surface area contributed by atoms with E-state index in [0.29, 0.717) is 0 Å². The fourth-order valence-corrected chi connectivity index (χ4v) is 2.29. The van der Waals surface area contributed by atoms with Gasteiger partial charge in [-0.25, -0.2) is 0 Å². The van der Waals surface area contributed by atoms with Crippen LogP contribution in [0.25, 0.3) is 0 Å². The monoisotopic (exact) mass is 342 g/mol. The van der Waals surface area contributed by atoms with Gasteiger partial charge in [-0.15, -0.1) is 0 Å². The van der Waals surface area contributed by atoms with Gasteiger partial charge < -0.3 is 55.5 Å². The Morgan fingerprint density at radius 1 is 0.870 bits per heavy atom. The van der Waals surface area contributed by atoms with E-state index in [1.54, 1.807) is 0 Å². The third kappa shape index (κ3) is 4.22. The minimum Gasteiger partial charge on any atom is -0.394 e. The molecule has 0 bridgehead atoms. The summed E-state index contributed by atoms with van der Waals surface area (Å²) in [5.41, 5.74) is 0. The number of carbonyl (C=O) groups is 1. The molecule has 1 fully saturated rings. The van der Waals surface area contributed by atoms with Crippen LogP contribution in [0.2, 0.25) is 0 Å². The third-order valence-electron chi connectivity index (χ3n) is 3.80. The summed E-state index contributed by atoms with van der Waals surface area (Å²) in [6.07, 6.45) is -19.1. The number of hydrogen-bond donors (Lipinski definition) is 9. The highest BCUT2D eigenvalue weighted by molar-refractivity contribution is 5.56. The second-order valence-electron chi connectivity index (χ2n) is 5.38. The van der Waals surface area contributed by atoms with Crippen molar-refractivity contribution in [1.29, 1.82) is 0 Å². The average molecular weight is 342 g/mol. The van der Waals surface area contributed by atoms with Crippen LogP contribution < -0.4 is 0 Å². The number of aldehydes is 1. The Morgan fingerprint density at radius 3 is 1.91 bits per heavy atom. The van der Waals surface area contributed by atoms with Crippen molar-refractivity contribution in [3.05, 3.63) is 0 Å². The predicted molar refractivity (Wildman–Crippen MR) is 69.9 cm³/mol. The summed E-state index contributed by atoms with van der Waals surface area (Å²) in [7, 11) is 0. The molecule has 1 aliphatic heterocycles. The number of aliphatic hydroxyl groups is 9. The molecule has 1 saturated heterocycles. The first-order chi connectivity index (χ1) is 10.7. The van der Waals surface area contributed by atoms with Crippen molar-refractivity contribution in [2.45, 2.75) is 61.0 Å². The number of aliphatic hydroxyl groups excluding tert-OH is 9. The van der Waals surface area contributed by atoms with Crippen molar-refractivity contribution in [1.82, 2.24) is 0 Å². The van der Waals surface area contributed by atoms with Gasteiger partial charge in [0, 0.05) is 0 Å². The van der Waals surface area contributed by atoms with Crippen LogP contribution in [0.5, 0.6) is 0 Å². The quantitative estimate of drug-likeness (QED) is 0.199. The van der Waals surface area contributed by atoms with Gasteiger partial charge in [-0.2, -0.15) is 0 Å². The van der Waals surface area contributed by atoms with Crippen molar-refractivity contribution in [2.24, 2.45) is 0 Å². The second-order valence-corrected chi connectivity index (χ2v) is 5.38. The summed E-state index contributed by atoms with van der Waals surface area (Å²) in [4.78, 5) is 10.3. The Kier molecular flexibility index (Phi) is 7.41. The molecular formula is C12H22O11. The molecule has 0 saturated carbocycles. The SMILES string of the molecule is O=C[C@H](O)[C@@H](O)[C@@H](O)[C@H](O)C(O)C1O[C@H](CO)[C@H](O)[C@H](O)[C@H]1O. The number of hydrogen-bond acceptors (Lipinski definition) is 11. The van der Waals surface area contributed by atoms with Crippen LogP contribution in [-0.4, -0.2) is 120 Å².